The molecule has 1 heterocycles. The number of rotatable bonds is 1. The molecule has 1 rings (SSSR count). The molecule has 0 spiro atoms. The van der Waals surface area contributed by atoms with Gasteiger partial charge in [0.1, 0.15) is 18.3 Å². The number of ether oxygens (including phenoxy) is 2. The number of hydrogen-bond acceptors (Lipinski definition) is 6. The van der Waals surface area contributed by atoms with Gasteiger partial charge in [0.15, 0.2) is 0 Å². The Labute approximate surface area is 106 Å². The van der Waals surface area contributed by atoms with Gasteiger partial charge in [-0.3, -0.25) is 5.41 Å². The summed E-state index contributed by atoms with van der Waals surface area (Å²) in [5.74, 6) is -0.745. The molecule has 6 nitrogen and oxygen atoms in total. The summed E-state index contributed by atoms with van der Waals surface area (Å²) in [6.45, 7) is -0.254. The van der Waals surface area contributed by atoms with E-state index in [4.69, 9.17) is 54.8 Å². The van der Waals surface area contributed by atoms with Gasteiger partial charge in [-0.05, 0) is 0 Å². The smallest absolute Gasteiger partial charge is 0.265 e. The van der Waals surface area contributed by atoms with E-state index >= 15 is 0 Å². The van der Waals surface area contributed by atoms with E-state index < -0.39 is 34.3 Å². The first-order valence-corrected chi connectivity index (χ1v) is 5.35. The van der Waals surface area contributed by atoms with Crippen molar-refractivity contribution in [2.75, 3.05) is 6.61 Å². The highest BCUT2D eigenvalue weighted by Gasteiger charge is 2.41. The topological polar surface area (TPSA) is 103 Å². The Bertz CT molecular complexity index is 271. The molecule has 0 aliphatic carbocycles. The molecule has 16 heavy (non-hydrogen) atoms. The monoisotopic (exact) mass is 293 g/mol. The standard InChI is InChI=1S/C7H10Cl3NO5/c8-7(9,10)6(11)16-5-4(14)3(13)2(12)1-15-5/h2-5,11-14H,1H2/t2-,3-,4?,5-/m0/s1. The lowest BCUT2D eigenvalue weighted by molar-refractivity contribution is -0.246. The van der Waals surface area contributed by atoms with Crippen LogP contribution in [-0.4, -0.2) is 56.2 Å². The van der Waals surface area contributed by atoms with Crippen molar-refractivity contribution in [3.8, 4) is 0 Å². The maximum Gasteiger partial charge on any atom is 0.265 e. The number of halogens is 3. The van der Waals surface area contributed by atoms with Crippen LogP contribution < -0.4 is 0 Å². The van der Waals surface area contributed by atoms with Crippen molar-refractivity contribution in [1.82, 2.24) is 0 Å². The lowest BCUT2D eigenvalue weighted by atomic mass is 10.1. The minimum atomic E-state index is -2.08. The summed E-state index contributed by atoms with van der Waals surface area (Å²) in [6.07, 6.45) is -5.56. The quantitative estimate of drug-likeness (QED) is 0.304. The molecule has 0 aromatic carbocycles. The van der Waals surface area contributed by atoms with E-state index in [1.807, 2.05) is 0 Å². The zero-order valence-corrected chi connectivity index (χ0v) is 10.1. The number of nitrogens with one attached hydrogen (secondary N) is 1. The first-order chi connectivity index (χ1) is 7.23. The molecule has 0 radical (unpaired) electrons. The number of aliphatic hydroxyl groups is 3. The normalized spacial score (nSPS) is 35.9. The molecule has 0 aromatic heterocycles. The summed E-state index contributed by atoms with van der Waals surface area (Å²) < 4.78 is 7.49. The van der Waals surface area contributed by atoms with Crippen molar-refractivity contribution in [2.45, 2.75) is 28.4 Å². The molecule has 0 saturated carbocycles. The van der Waals surface area contributed by atoms with Gasteiger partial charge in [-0.2, -0.15) is 0 Å². The van der Waals surface area contributed by atoms with Gasteiger partial charge in [0.2, 0.25) is 12.2 Å². The molecule has 0 aromatic rings. The van der Waals surface area contributed by atoms with Crippen LogP contribution in [0.15, 0.2) is 0 Å². The van der Waals surface area contributed by atoms with Crippen LogP contribution in [0.4, 0.5) is 0 Å². The van der Waals surface area contributed by atoms with E-state index in [1.54, 1.807) is 0 Å². The molecule has 1 unspecified atom stereocenters. The molecule has 9 heteroatoms. The fourth-order valence-electron chi connectivity index (χ4n) is 1.07. The maximum absolute atomic E-state index is 9.44. The third-order valence-corrected chi connectivity index (χ3v) is 2.46. The van der Waals surface area contributed by atoms with Gasteiger partial charge in [-0.15, -0.1) is 0 Å². The molecule has 4 atom stereocenters. The first-order valence-electron chi connectivity index (χ1n) is 4.21. The van der Waals surface area contributed by atoms with Crippen molar-refractivity contribution >= 4 is 40.7 Å². The molecule has 94 valence electrons. The van der Waals surface area contributed by atoms with E-state index in [9.17, 15) is 10.2 Å². The van der Waals surface area contributed by atoms with Crippen LogP contribution in [0, 0.1) is 5.41 Å². The van der Waals surface area contributed by atoms with Crippen LogP contribution >= 0.6 is 34.8 Å². The van der Waals surface area contributed by atoms with Crippen LogP contribution in [0.25, 0.3) is 0 Å². The first kappa shape index (κ1) is 14.2. The van der Waals surface area contributed by atoms with E-state index in [2.05, 4.69) is 0 Å². The molecule has 1 saturated heterocycles. The van der Waals surface area contributed by atoms with Crippen molar-refractivity contribution < 1.29 is 24.8 Å². The zero-order chi connectivity index (χ0) is 12.5. The highest BCUT2D eigenvalue weighted by atomic mass is 35.6. The third-order valence-electron chi connectivity index (χ3n) is 1.95. The van der Waals surface area contributed by atoms with Crippen LogP contribution in [0.5, 0.6) is 0 Å². The second-order valence-corrected chi connectivity index (χ2v) is 5.48. The van der Waals surface area contributed by atoms with Gasteiger partial charge < -0.3 is 24.8 Å². The van der Waals surface area contributed by atoms with Gasteiger partial charge in [-0.1, -0.05) is 34.8 Å². The summed E-state index contributed by atoms with van der Waals surface area (Å²) in [5, 5.41) is 35.1. The molecule has 0 bridgehead atoms. The summed E-state index contributed by atoms with van der Waals surface area (Å²) in [4.78, 5) is 0. The Morgan fingerprint density at radius 1 is 1.25 bits per heavy atom. The Morgan fingerprint density at radius 2 is 1.81 bits per heavy atom. The molecular weight excluding hydrogens is 284 g/mol. The van der Waals surface area contributed by atoms with E-state index in [1.165, 1.54) is 0 Å². The highest BCUT2D eigenvalue weighted by Crippen LogP contribution is 2.29. The largest absolute Gasteiger partial charge is 0.445 e. The van der Waals surface area contributed by atoms with E-state index in [-0.39, 0.29) is 6.61 Å². The highest BCUT2D eigenvalue weighted by molar-refractivity contribution is 6.76. The average Bonchev–Trinajstić information content (AvgIpc) is 2.17. The summed E-state index contributed by atoms with van der Waals surface area (Å²) in [6, 6.07) is 0. The zero-order valence-electron chi connectivity index (χ0n) is 7.81. The van der Waals surface area contributed by atoms with Crippen molar-refractivity contribution in [2.24, 2.45) is 0 Å². The second kappa shape index (κ2) is 5.22. The molecular formula is C7H10Cl3NO5. The number of aliphatic hydroxyl groups excluding tert-OH is 3. The van der Waals surface area contributed by atoms with Crippen LogP contribution in [0.1, 0.15) is 0 Å². The Morgan fingerprint density at radius 3 is 2.31 bits per heavy atom. The van der Waals surface area contributed by atoms with Crippen molar-refractivity contribution in [3.05, 3.63) is 0 Å². The second-order valence-electron chi connectivity index (χ2n) is 3.19. The van der Waals surface area contributed by atoms with Gasteiger partial charge in [-0.25, -0.2) is 0 Å². The molecule has 1 aliphatic rings. The maximum atomic E-state index is 9.44. The lowest BCUT2D eigenvalue weighted by Crippen LogP contribution is -2.54. The fourth-order valence-corrected chi connectivity index (χ4v) is 1.20. The minimum Gasteiger partial charge on any atom is -0.445 e. The molecule has 4 N–H and O–H groups in total. The van der Waals surface area contributed by atoms with Crippen molar-refractivity contribution in [3.63, 3.8) is 0 Å². The summed E-state index contributed by atoms with van der Waals surface area (Å²) >= 11 is 16.0. The Hall–Kier alpha value is 0.180. The number of alkyl halides is 3. The van der Waals surface area contributed by atoms with Gasteiger partial charge >= 0.3 is 0 Å². The van der Waals surface area contributed by atoms with Crippen LogP contribution in [0.3, 0.4) is 0 Å². The van der Waals surface area contributed by atoms with Crippen LogP contribution in [0.2, 0.25) is 0 Å². The predicted octanol–water partition coefficient (Wildman–Crippen LogP) is -0.211. The molecule has 1 fully saturated rings. The Balaban J connectivity index is 2.59. The van der Waals surface area contributed by atoms with Gasteiger partial charge in [0, 0.05) is 0 Å². The van der Waals surface area contributed by atoms with E-state index in [0.29, 0.717) is 0 Å². The van der Waals surface area contributed by atoms with E-state index in [0.717, 1.165) is 0 Å². The predicted molar refractivity (Wildman–Crippen MR) is 56.9 cm³/mol. The lowest BCUT2D eigenvalue weighted by Gasteiger charge is -2.35. The SMILES string of the molecule is N=C(O[C@@H]1OC[C@H](O)[C@H](O)C1O)C(Cl)(Cl)Cl. The third kappa shape index (κ3) is 3.33. The average molecular weight is 295 g/mol. The minimum absolute atomic E-state index is 0.254. The molecule has 1 aliphatic heterocycles. The Kier molecular flexibility index (Phi) is 4.65. The van der Waals surface area contributed by atoms with Gasteiger partial charge in [0.25, 0.3) is 3.79 Å². The van der Waals surface area contributed by atoms with Gasteiger partial charge in [0.05, 0.1) is 6.61 Å². The number of hydrogen-bond donors (Lipinski definition) is 4. The van der Waals surface area contributed by atoms with Crippen molar-refractivity contribution in [1.29, 1.82) is 5.41 Å². The molecule has 0 amide bonds. The summed E-state index contributed by atoms with van der Waals surface area (Å²) in [5.41, 5.74) is 0. The fraction of sp³-hybridized carbons (Fsp3) is 0.857. The van der Waals surface area contributed by atoms with Crippen LogP contribution in [-0.2, 0) is 9.47 Å². The summed E-state index contributed by atoms with van der Waals surface area (Å²) in [7, 11) is 0.